The van der Waals surface area contributed by atoms with Crippen LogP contribution in [0.4, 0.5) is 0 Å². The van der Waals surface area contributed by atoms with Crippen molar-refractivity contribution in [1.82, 2.24) is 19.9 Å². The van der Waals surface area contributed by atoms with Gasteiger partial charge in [-0.1, -0.05) is 5.21 Å². The molecule has 5 rings (SSSR count). The first-order valence-corrected chi connectivity index (χ1v) is 8.39. The molecule has 4 heterocycles. The summed E-state index contributed by atoms with van der Waals surface area (Å²) in [5.74, 6) is 0. The molecule has 1 aromatic carbocycles. The van der Waals surface area contributed by atoms with Crippen LogP contribution in [0.15, 0.2) is 41.1 Å². The Balaban J connectivity index is 1.44. The van der Waals surface area contributed by atoms with E-state index in [1.54, 1.807) is 6.26 Å². The van der Waals surface area contributed by atoms with E-state index in [2.05, 4.69) is 45.3 Å². The average molecular weight is 308 g/mol. The van der Waals surface area contributed by atoms with Crippen LogP contribution >= 0.6 is 0 Å². The second kappa shape index (κ2) is 4.93. The third kappa shape index (κ3) is 2.10. The summed E-state index contributed by atoms with van der Waals surface area (Å²) in [6.07, 6.45) is 8.87. The zero-order valence-electron chi connectivity index (χ0n) is 13.2. The van der Waals surface area contributed by atoms with E-state index in [0.29, 0.717) is 18.1 Å². The number of piperidine rings is 1. The average Bonchev–Trinajstić information content (AvgIpc) is 3.25. The minimum atomic E-state index is 0.489. The van der Waals surface area contributed by atoms with Crippen molar-refractivity contribution in [3.8, 4) is 11.3 Å². The standard InChI is InChI=1S/C18H20N4O/c1-21-14-3-4-15(21)10-16(9-14)22-11-17(19-20-22)12-2-5-18-13(8-12)6-7-23-18/h2,5-8,11,14-16H,3-4,9-10H2,1H3/t14-,15+,16+. The topological polar surface area (TPSA) is 47.1 Å². The van der Waals surface area contributed by atoms with E-state index in [-0.39, 0.29) is 0 Å². The molecule has 0 aliphatic carbocycles. The maximum atomic E-state index is 5.40. The lowest BCUT2D eigenvalue weighted by Crippen LogP contribution is -2.40. The van der Waals surface area contributed by atoms with Crippen LogP contribution in [-0.2, 0) is 0 Å². The molecule has 0 unspecified atom stereocenters. The summed E-state index contributed by atoms with van der Waals surface area (Å²) in [6, 6.07) is 10.1. The van der Waals surface area contributed by atoms with Crippen molar-refractivity contribution in [1.29, 1.82) is 0 Å². The normalized spacial score (nSPS) is 27.8. The Hall–Kier alpha value is -2.14. The van der Waals surface area contributed by atoms with E-state index in [1.165, 1.54) is 25.7 Å². The Labute approximate surface area is 134 Å². The first kappa shape index (κ1) is 13.3. The van der Waals surface area contributed by atoms with Crippen molar-refractivity contribution in [2.45, 2.75) is 43.8 Å². The first-order valence-electron chi connectivity index (χ1n) is 8.39. The fourth-order valence-electron chi connectivity index (χ4n) is 4.31. The number of fused-ring (bicyclic) bond motifs is 3. The van der Waals surface area contributed by atoms with Gasteiger partial charge in [-0.25, -0.2) is 4.68 Å². The van der Waals surface area contributed by atoms with Crippen molar-refractivity contribution >= 4 is 11.0 Å². The molecule has 2 fully saturated rings. The fourth-order valence-corrected chi connectivity index (χ4v) is 4.31. The zero-order valence-corrected chi connectivity index (χ0v) is 13.2. The van der Waals surface area contributed by atoms with Crippen molar-refractivity contribution in [3.05, 3.63) is 36.7 Å². The summed E-state index contributed by atoms with van der Waals surface area (Å²) >= 11 is 0. The van der Waals surface area contributed by atoms with Gasteiger partial charge in [0.25, 0.3) is 0 Å². The van der Waals surface area contributed by atoms with E-state index in [9.17, 15) is 0 Å². The molecule has 2 bridgehead atoms. The SMILES string of the molecule is CN1[C@@H]2CC[C@H]1C[C@@H](n1cc(-c3ccc4occc4c3)nn1)C2. The van der Waals surface area contributed by atoms with Crippen LogP contribution in [0.1, 0.15) is 31.7 Å². The number of benzene rings is 1. The van der Waals surface area contributed by atoms with Crippen LogP contribution in [0.25, 0.3) is 22.2 Å². The maximum absolute atomic E-state index is 5.40. The molecule has 23 heavy (non-hydrogen) atoms. The first-order chi connectivity index (χ1) is 11.3. The highest BCUT2D eigenvalue weighted by atomic mass is 16.3. The molecule has 3 atom stereocenters. The predicted octanol–water partition coefficient (Wildman–Crippen LogP) is 3.49. The highest BCUT2D eigenvalue weighted by Crippen LogP contribution is 2.39. The van der Waals surface area contributed by atoms with Gasteiger partial charge in [0.15, 0.2) is 0 Å². The molecule has 0 radical (unpaired) electrons. The predicted molar refractivity (Wildman–Crippen MR) is 88.1 cm³/mol. The lowest BCUT2D eigenvalue weighted by Gasteiger charge is -2.36. The van der Waals surface area contributed by atoms with Gasteiger partial charge in [-0.15, -0.1) is 5.10 Å². The third-order valence-corrected chi connectivity index (χ3v) is 5.71. The summed E-state index contributed by atoms with van der Waals surface area (Å²) in [5, 5.41) is 9.95. The third-order valence-electron chi connectivity index (χ3n) is 5.71. The van der Waals surface area contributed by atoms with Gasteiger partial charge in [0, 0.05) is 23.0 Å². The summed E-state index contributed by atoms with van der Waals surface area (Å²) < 4.78 is 7.49. The van der Waals surface area contributed by atoms with Crippen LogP contribution in [0.3, 0.4) is 0 Å². The van der Waals surface area contributed by atoms with Crippen LogP contribution < -0.4 is 0 Å². The highest BCUT2D eigenvalue weighted by Gasteiger charge is 2.39. The summed E-state index contributed by atoms with van der Waals surface area (Å²) in [4.78, 5) is 2.56. The summed E-state index contributed by atoms with van der Waals surface area (Å²) in [7, 11) is 2.27. The molecule has 5 heteroatoms. The Morgan fingerprint density at radius 1 is 1.09 bits per heavy atom. The fraction of sp³-hybridized carbons (Fsp3) is 0.444. The highest BCUT2D eigenvalue weighted by molar-refractivity contribution is 5.82. The molecule has 2 saturated heterocycles. The minimum Gasteiger partial charge on any atom is -0.464 e. The van der Waals surface area contributed by atoms with E-state index < -0.39 is 0 Å². The Morgan fingerprint density at radius 2 is 1.91 bits per heavy atom. The molecule has 2 aliphatic rings. The van der Waals surface area contributed by atoms with Gasteiger partial charge in [0.1, 0.15) is 11.3 Å². The monoisotopic (exact) mass is 308 g/mol. The molecule has 0 saturated carbocycles. The van der Waals surface area contributed by atoms with Crippen molar-refractivity contribution in [2.24, 2.45) is 0 Å². The van der Waals surface area contributed by atoms with Crippen LogP contribution in [-0.4, -0.2) is 39.0 Å². The van der Waals surface area contributed by atoms with E-state index >= 15 is 0 Å². The Bertz CT molecular complexity index is 837. The van der Waals surface area contributed by atoms with Gasteiger partial charge >= 0.3 is 0 Å². The van der Waals surface area contributed by atoms with E-state index in [4.69, 9.17) is 4.42 Å². The van der Waals surface area contributed by atoms with Crippen molar-refractivity contribution in [3.63, 3.8) is 0 Å². The largest absolute Gasteiger partial charge is 0.464 e. The molecular formula is C18H20N4O. The molecule has 2 aromatic heterocycles. The number of furan rings is 1. The number of hydrogen-bond donors (Lipinski definition) is 0. The van der Waals surface area contributed by atoms with Crippen molar-refractivity contribution in [2.75, 3.05) is 7.05 Å². The number of hydrogen-bond acceptors (Lipinski definition) is 4. The van der Waals surface area contributed by atoms with Crippen LogP contribution in [0, 0.1) is 0 Å². The minimum absolute atomic E-state index is 0.489. The van der Waals surface area contributed by atoms with Crippen molar-refractivity contribution < 1.29 is 4.42 Å². The number of nitrogens with zero attached hydrogens (tertiary/aromatic N) is 4. The van der Waals surface area contributed by atoms with E-state index in [0.717, 1.165) is 22.2 Å². The van der Waals surface area contributed by atoms with Crippen LogP contribution in [0.2, 0.25) is 0 Å². The molecule has 5 nitrogen and oxygen atoms in total. The van der Waals surface area contributed by atoms with Crippen LogP contribution in [0.5, 0.6) is 0 Å². The zero-order chi connectivity index (χ0) is 15.4. The number of rotatable bonds is 2. The summed E-state index contributed by atoms with van der Waals surface area (Å²) in [5.41, 5.74) is 2.95. The second-order valence-electron chi connectivity index (χ2n) is 6.93. The summed E-state index contributed by atoms with van der Waals surface area (Å²) in [6.45, 7) is 0. The molecule has 0 amide bonds. The number of aromatic nitrogens is 3. The van der Waals surface area contributed by atoms with Gasteiger partial charge in [-0.3, -0.25) is 0 Å². The molecule has 118 valence electrons. The van der Waals surface area contributed by atoms with Gasteiger partial charge in [0.05, 0.1) is 18.5 Å². The van der Waals surface area contributed by atoms with Gasteiger partial charge < -0.3 is 9.32 Å². The molecule has 0 spiro atoms. The Kier molecular flexibility index (Phi) is 2.85. The lowest BCUT2D eigenvalue weighted by molar-refractivity contribution is 0.130. The Morgan fingerprint density at radius 3 is 2.74 bits per heavy atom. The molecule has 2 aliphatic heterocycles. The maximum Gasteiger partial charge on any atom is 0.133 e. The van der Waals surface area contributed by atoms with Gasteiger partial charge in [0.2, 0.25) is 0 Å². The smallest absolute Gasteiger partial charge is 0.133 e. The molecule has 3 aromatic rings. The second-order valence-corrected chi connectivity index (χ2v) is 6.93. The van der Waals surface area contributed by atoms with Gasteiger partial charge in [-0.05, 0) is 57.0 Å². The molecule has 0 N–H and O–H groups in total. The van der Waals surface area contributed by atoms with E-state index in [1.807, 2.05) is 12.1 Å². The quantitative estimate of drug-likeness (QED) is 0.727. The molecular weight excluding hydrogens is 288 g/mol. The van der Waals surface area contributed by atoms with Gasteiger partial charge in [-0.2, -0.15) is 0 Å². The lowest BCUT2D eigenvalue weighted by atomic mass is 9.98.